The van der Waals surface area contributed by atoms with Crippen molar-refractivity contribution in [2.75, 3.05) is 31.1 Å². The van der Waals surface area contributed by atoms with E-state index in [1.54, 1.807) is 12.4 Å². The molecule has 0 aliphatic carbocycles. The Morgan fingerprint density at radius 1 is 1.23 bits per heavy atom. The fraction of sp³-hybridized carbons (Fsp3) is 0.474. The molecule has 2 aromatic heterocycles. The molecule has 2 aliphatic rings. The molecule has 2 amide bonds. The fourth-order valence-corrected chi connectivity index (χ4v) is 3.78. The summed E-state index contributed by atoms with van der Waals surface area (Å²) < 4.78 is 0. The van der Waals surface area contributed by atoms with Crippen molar-refractivity contribution in [3.8, 4) is 11.4 Å². The number of anilines is 1. The van der Waals surface area contributed by atoms with Gasteiger partial charge in [-0.1, -0.05) is 0 Å². The van der Waals surface area contributed by atoms with Crippen LogP contribution in [0.5, 0.6) is 0 Å². The SMILES string of the molecule is Cc1nc(-c2cccnc2)nc(N2CCCC(N3CCNC3=O)C2)c1C. The average Bonchev–Trinajstić information content (AvgIpc) is 3.10. The number of rotatable bonds is 3. The Balaban J connectivity index is 1.64. The number of hydrogen-bond acceptors (Lipinski definition) is 5. The normalized spacial score (nSPS) is 20.4. The lowest BCUT2D eigenvalue weighted by Crippen LogP contribution is -2.49. The van der Waals surface area contributed by atoms with Gasteiger partial charge in [-0.25, -0.2) is 14.8 Å². The van der Waals surface area contributed by atoms with Crippen LogP contribution in [0.1, 0.15) is 24.1 Å². The van der Waals surface area contributed by atoms with E-state index in [0.717, 1.165) is 61.7 Å². The maximum absolute atomic E-state index is 12.0. The molecule has 0 saturated carbocycles. The summed E-state index contributed by atoms with van der Waals surface area (Å²) in [5.41, 5.74) is 3.00. The second-order valence-corrected chi connectivity index (χ2v) is 6.99. The fourth-order valence-electron chi connectivity index (χ4n) is 3.78. The number of pyridine rings is 1. The number of urea groups is 1. The number of aryl methyl sites for hydroxylation is 1. The lowest BCUT2D eigenvalue weighted by Gasteiger charge is -2.38. The largest absolute Gasteiger partial charge is 0.354 e. The van der Waals surface area contributed by atoms with E-state index < -0.39 is 0 Å². The topological polar surface area (TPSA) is 74.2 Å². The molecule has 0 radical (unpaired) electrons. The third-order valence-electron chi connectivity index (χ3n) is 5.31. The Kier molecular flexibility index (Phi) is 4.44. The van der Waals surface area contributed by atoms with Crippen LogP contribution >= 0.6 is 0 Å². The number of nitrogens with zero attached hydrogens (tertiary/aromatic N) is 5. The lowest BCUT2D eigenvalue weighted by atomic mass is 10.0. The summed E-state index contributed by atoms with van der Waals surface area (Å²) in [6, 6.07) is 4.18. The first-order valence-electron chi connectivity index (χ1n) is 9.18. The van der Waals surface area contributed by atoms with Crippen LogP contribution in [0.2, 0.25) is 0 Å². The van der Waals surface area contributed by atoms with Crippen molar-refractivity contribution < 1.29 is 4.79 Å². The molecule has 136 valence electrons. The summed E-state index contributed by atoms with van der Waals surface area (Å²) in [7, 11) is 0. The molecule has 1 unspecified atom stereocenters. The summed E-state index contributed by atoms with van der Waals surface area (Å²) in [6.45, 7) is 7.40. The number of nitrogens with one attached hydrogen (secondary N) is 1. The second kappa shape index (κ2) is 6.90. The Bertz CT molecular complexity index is 809. The van der Waals surface area contributed by atoms with Crippen molar-refractivity contribution >= 4 is 11.8 Å². The first-order chi connectivity index (χ1) is 12.6. The quantitative estimate of drug-likeness (QED) is 0.916. The Morgan fingerprint density at radius 3 is 2.85 bits per heavy atom. The zero-order valence-electron chi connectivity index (χ0n) is 15.3. The van der Waals surface area contributed by atoms with Gasteiger partial charge in [-0.3, -0.25) is 4.98 Å². The van der Waals surface area contributed by atoms with Crippen LogP contribution in [0.3, 0.4) is 0 Å². The van der Waals surface area contributed by atoms with E-state index in [2.05, 4.69) is 27.1 Å². The zero-order valence-corrected chi connectivity index (χ0v) is 15.3. The van der Waals surface area contributed by atoms with E-state index >= 15 is 0 Å². The van der Waals surface area contributed by atoms with E-state index in [1.807, 2.05) is 24.0 Å². The van der Waals surface area contributed by atoms with Gasteiger partial charge in [-0.05, 0) is 38.8 Å². The van der Waals surface area contributed by atoms with E-state index in [9.17, 15) is 4.79 Å². The summed E-state index contributed by atoms with van der Waals surface area (Å²) >= 11 is 0. The second-order valence-electron chi connectivity index (χ2n) is 6.99. The molecule has 1 N–H and O–H groups in total. The molecule has 4 heterocycles. The summed E-state index contributed by atoms with van der Waals surface area (Å²) in [6.07, 6.45) is 5.64. The van der Waals surface area contributed by atoms with Crippen LogP contribution in [0.15, 0.2) is 24.5 Å². The molecule has 2 aliphatic heterocycles. The van der Waals surface area contributed by atoms with Gasteiger partial charge in [-0.15, -0.1) is 0 Å². The van der Waals surface area contributed by atoms with Crippen molar-refractivity contribution in [1.82, 2.24) is 25.2 Å². The van der Waals surface area contributed by atoms with Crippen LogP contribution < -0.4 is 10.2 Å². The van der Waals surface area contributed by atoms with Crippen molar-refractivity contribution in [3.63, 3.8) is 0 Å². The van der Waals surface area contributed by atoms with Gasteiger partial charge >= 0.3 is 6.03 Å². The molecule has 2 fully saturated rings. The van der Waals surface area contributed by atoms with Gasteiger partial charge in [0.05, 0.1) is 6.04 Å². The van der Waals surface area contributed by atoms with Gasteiger partial charge in [0, 0.05) is 55.4 Å². The molecular formula is C19H24N6O. The summed E-state index contributed by atoms with van der Waals surface area (Å²) in [4.78, 5) is 30.0. The highest BCUT2D eigenvalue weighted by Crippen LogP contribution is 2.28. The van der Waals surface area contributed by atoms with Gasteiger partial charge in [0.1, 0.15) is 5.82 Å². The molecule has 0 bridgehead atoms. The molecule has 0 aromatic carbocycles. The number of carbonyl (C=O) groups excluding carboxylic acids is 1. The first kappa shape index (κ1) is 16.8. The molecule has 2 aromatic rings. The average molecular weight is 352 g/mol. The predicted octanol–water partition coefficient (Wildman–Crippen LogP) is 2.15. The highest BCUT2D eigenvalue weighted by atomic mass is 16.2. The number of aromatic nitrogens is 3. The predicted molar refractivity (Wildman–Crippen MR) is 100 cm³/mol. The van der Waals surface area contributed by atoms with Crippen LogP contribution in [-0.2, 0) is 0 Å². The highest BCUT2D eigenvalue weighted by molar-refractivity contribution is 5.76. The molecular weight excluding hydrogens is 328 g/mol. The highest BCUT2D eigenvalue weighted by Gasteiger charge is 2.32. The third-order valence-corrected chi connectivity index (χ3v) is 5.31. The lowest BCUT2D eigenvalue weighted by molar-refractivity contribution is 0.189. The minimum absolute atomic E-state index is 0.0588. The number of carbonyl (C=O) groups is 1. The molecule has 7 nitrogen and oxygen atoms in total. The van der Waals surface area contributed by atoms with Gasteiger partial charge in [0.25, 0.3) is 0 Å². The van der Waals surface area contributed by atoms with Crippen molar-refractivity contribution in [3.05, 3.63) is 35.8 Å². The number of hydrogen-bond donors (Lipinski definition) is 1. The smallest absolute Gasteiger partial charge is 0.317 e. The summed E-state index contributed by atoms with van der Waals surface area (Å²) in [5.74, 6) is 1.68. The van der Waals surface area contributed by atoms with Gasteiger partial charge in [0.15, 0.2) is 5.82 Å². The van der Waals surface area contributed by atoms with E-state index in [0.29, 0.717) is 5.82 Å². The van der Waals surface area contributed by atoms with E-state index in [4.69, 9.17) is 4.98 Å². The molecule has 7 heteroatoms. The minimum atomic E-state index is 0.0588. The molecule has 4 rings (SSSR count). The van der Waals surface area contributed by atoms with Gasteiger partial charge in [-0.2, -0.15) is 0 Å². The van der Waals surface area contributed by atoms with Crippen LogP contribution in [-0.4, -0.2) is 58.1 Å². The Labute approximate surface area is 153 Å². The van der Waals surface area contributed by atoms with Gasteiger partial charge < -0.3 is 15.1 Å². The van der Waals surface area contributed by atoms with Crippen molar-refractivity contribution in [2.24, 2.45) is 0 Å². The van der Waals surface area contributed by atoms with Crippen molar-refractivity contribution in [2.45, 2.75) is 32.7 Å². The third kappa shape index (κ3) is 3.09. The van der Waals surface area contributed by atoms with Gasteiger partial charge in [0.2, 0.25) is 0 Å². The van der Waals surface area contributed by atoms with E-state index in [1.165, 1.54) is 0 Å². The molecule has 0 spiro atoms. The van der Waals surface area contributed by atoms with Crippen molar-refractivity contribution in [1.29, 1.82) is 0 Å². The van der Waals surface area contributed by atoms with Crippen LogP contribution in [0.25, 0.3) is 11.4 Å². The monoisotopic (exact) mass is 352 g/mol. The maximum Gasteiger partial charge on any atom is 0.317 e. The van der Waals surface area contributed by atoms with Crippen LogP contribution in [0, 0.1) is 13.8 Å². The molecule has 2 saturated heterocycles. The molecule has 26 heavy (non-hydrogen) atoms. The zero-order chi connectivity index (χ0) is 18.1. The molecule has 1 atom stereocenters. The number of piperidine rings is 1. The Morgan fingerprint density at radius 2 is 2.12 bits per heavy atom. The van der Waals surface area contributed by atoms with E-state index in [-0.39, 0.29) is 12.1 Å². The number of amides is 2. The summed E-state index contributed by atoms with van der Waals surface area (Å²) in [5, 5.41) is 2.91. The standard InChI is InChI=1S/C19H24N6O/c1-13-14(2)22-17(15-5-3-7-20-11-15)23-18(13)24-9-4-6-16(12-24)25-10-8-21-19(25)26/h3,5,7,11,16H,4,6,8-10,12H2,1-2H3,(H,21,26). The first-order valence-corrected chi connectivity index (χ1v) is 9.18. The Hall–Kier alpha value is -2.70. The minimum Gasteiger partial charge on any atom is -0.354 e. The van der Waals surface area contributed by atoms with Crippen LogP contribution in [0.4, 0.5) is 10.6 Å². The maximum atomic E-state index is 12.0.